The molecule has 0 amide bonds. The van der Waals surface area contributed by atoms with Crippen molar-refractivity contribution in [2.75, 3.05) is 26.1 Å². The van der Waals surface area contributed by atoms with E-state index in [0.717, 1.165) is 24.9 Å². The minimum absolute atomic E-state index is 0.0315. The van der Waals surface area contributed by atoms with Crippen LogP contribution in [0.2, 0.25) is 0 Å². The van der Waals surface area contributed by atoms with Crippen LogP contribution in [0.4, 0.5) is 10.2 Å². The summed E-state index contributed by atoms with van der Waals surface area (Å²) in [7, 11) is -7.77. The van der Waals surface area contributed by atoms with E-state index >= 15 is 4.39 Å². The fraction of sp³-hybridized carbons (Fsp3) is 0.379. The number of imidazole rings is 1. The number of fused-ring (bicyclic) bond motifs is 1. The third-order valence-corrected chi connectivity index (χ3v) is 10.9. The van der Waals surface area contributed by atoms with Gasteiger partial charge in [0.2, 0.25) is 0 Å². The maximum absolute atomic E-state index is 15.3. The predicted octanol–water partition coefficient (Wildman–Crippen LogP) is 3.87. The second-order valence-electron chi connectivity index (χ2n) is 10.8. The van der Waals surface area contributed by atoms with E-state index in [1.165, 1.54) is 10.9 Å². The van der Waals surface area contributed by atoms with Gasteiger partial charge in [-0.15, -0.1) is 0 Å². The fourth-order valence-corrected chi connectivity index (χ4v) is 8.30. The molecule has 0 saturated carbocycles. The Bertz CT molecular complexity index is 1780. The van der Waals surface area contributed by atoms with Crippen LogP contribution in [-0.4, -0.2) is 75.4 Å². The maximum Gasteiger partial charge on any atom is 0.481 e. The van der Waals surface area contributed by atoms with E-state index in [1.54, 1.807) is 61.5 Å². The maximum atomic E-state index is 15.3. The number of benzene rings is 2. The summed E-state index contributed by atoms with van der Waals surface area (Å²) in [4.78, 5) is 25.5. The Balaban J connectivity index is 1.25. The molecule has 3 unspecified atom stereocenters. The first-order chi connectivity index (χ1) is 22.4. The van der Waals surface area contributed by atoms with Gasteiger partial charge in [-0.05, 0) is 24.5 Å². The molecule has 252 valence electrons. The van der Waals surface area contributed by atoms with E-state index in [-0.39, 0.29) is 30.0 Å². The Labute approximate surface area is 269 Å². The third kappa shape index (κ3) is 8.47. The Morgan fingerprint density at radius 1 is 1.13 bits per heavy atom. The molecule has 15 nitrogen and oxygen atoms in total. The van der Waals surface area contributed by atoms with Crippen molar-refractivity contribution in [3.63, 3.8) is 0 Å². The topological polar surface area (TPSA) is 199 Å². The average Bonchev–Trinajstić information content (AvgIpc) is 3.59. The van der Waals surface area contributed by atoms with Gasteiger partial charge in [-0.1, -0.05) is 60.7 Å². The van der Waals surface area contributed by atoms with Crippen molar-refractivity contribution in [3.05, 3.63) is 83.9 Å². The predicted molar refractivity (Wildman–Crippen MR) is 168 cm³/mol. The molecule has 1 fully saturated rings. The highest BCUT2D eigenvalue weighted by Crippen LogP contribution is 2.61. The molecule has 1 saturated heterocycles. The first-order valence-electron chi connectivity index (χ1n) is 14.4. The number of esters is 1. The number of aliphatic hydroxyl groups is 1. The summed E-state index contributed by atoms with van der Waals surface area (Å²) in [6.45, 7) is 1.98. The highest BCUT2D eigenvalue weighted by atomic mass is 31.3. The first-order valence-corrected chi connectivity index (χ1v) is 18.0. The number of ether oxygens (including phenoxy) is 2. The number of hydrogen-bond acceptors (Lipinski definition) is 13. The van der Waals surface area contributed by atoms with Gasteiger partial charge in [0.15, 0.2) is 23.9 Å². The van der Waals surface area contributed by atoms with Gasteiger partial charge in [-0.2, -0.15) is 0 Å². The molecule has 0 spiro atoms. The summed E-state index contributed by atoms with van der Waals surface area (Å²) in [6.07, 6.45) is -5.14. The van der Waals surface area contributed by atoms with E-state index in [4.69, 9.17) is 28.6 Å². The molecular weight excluding hydrogens is 657 g/mol. The number of aryl methyl sites for hydroxylation is 1. The third-order valence-electron chi connectivity index (χ3n) is 7.19. The van der Waals surface area contributed by atoms with Gasteiger partial charge in [0.05, 0.1) is 12.9 Å². The lowest BCUT2D eigenvalue weighted by Gasteiger charge is -2.25. The molecule has 2 aromatic heterocycles. The summed E-state index contributed by atoms with van der Waals surface area (Å²) >= 11 is 0. The molecule has 3 heterocycles. The number of hydrogen-bond donors (Lipinski definition) is 3. The molecule has 5 rings (SSSR count). The van der Waals surface area contributed by atoms with Crippen LogP contribution in [0.15, 0.2) is 67.0 Å². The van der Waals surface area contributed by atoms with Crippen LogP contribution in [0, 0.1) is 6.92 Å². The zero-order valence-corrected chi connectivity index (χ0v) is 27.5. The van der Waals surface area contributed by atoms with Crippen molar-refractivity contribution in [3.8, 4) is 0 Å². The number of nitrogens with one attached hydrogen (secondary N) is 1. The van der Waals surface area contributed by atoms with Crippen molar-refractivity contribution < 1.29 is 46.3 Å². The van der Waals surface area contributed by atoms with Crippen LogP contribution in [0.5, 0.6) is 0 Å². The van der Waals surface area contributed by atoms with Gasteiger partial charge in [0.1, 0.15) is 36.2 Å². The molecule has 47 heavy (non-hydrogen) atoms. The summed E-state index contributed by atoms with van der Waals surface area (Å²) in [6, 6.07) is 16.7. The fourth-order valence-electron chi connectivity index (χ4n) is 4.94. The number of carbonyl (C=O) groups is 1. The van der Waals surface area contributed by atoms with Crippen molar-refractivity contribution in [1.29, 1.82) is 0 Å². The van der Waals surface area contributed by atoms with Crippen LogP contribution in [0.25, 0.3) is 11.2 Å². The van der Waals surface area contributed by atoms with Gasteiger partial charge < -0.3 is 20.3 Å². The number of halogens is 1. The molecule has 1 aliphatic heterocycles. The number of aromatic nitrogens is 4. The van der Waals surface area contributed by atoms with E-state index in [2.05, 4.69) is 20.0 Å². The second kappa shape index (κ2) is 14.7. The smallest absolute Gasteiger partial charge is 0.460 e. The zero-order valence-electron chi connectivity index (χ0n) is 25.7. The first kappa shape index (κ1) is 34.7. The van der Waals surface area contributed by atoms with Crippen LogP contribution >= 0.6 is 15.3 Å². The normalized spacial score (nSPS) is 22.8. The number of nitrogen functional groups attached to an aromatic ring is 1. The minimum atomic E-state index is -4.63. The number of alkyl halides is 1. The quantitative estimate of drug-likeness (QED) is 0.127. The van der Waals surface area contributed by atoms with Crippen molar-refractivity contribution in [2.45, 2.75) is 50.6 Å². The highest BCUT2D eigenvalue weighted by Gasteiger charge is 2.47. The van der Waals surface area contributed by atoms with Gasteiger partial charge in [0.25, 0.3) is 7.52 Å². The van der Waals surface area contributed by atoms with Crippen LogP contribution in [0.1, 0.15) is 23.2 Å². The largest absolute Gasteiger partial charge is 0.481 e. The molecule has 1 aliphatic rings. The lowest BCUT2D eigenvalue weighted by Crippen LogP contribution is -2.38. The molecule has 4 aromatic rings. The molecule has 2 aromatic carbocycles. The summed E-state index contributed by atoms with van der Waals surface area (Å²) < 4.78 is 70.4. The lowest BCUT2D eigenvalue weighted by molar-refractivity contribution is -0.147. The van der Waals surface area contributed by atoms with Gasteiger partial charge >= 0.3 is 13.8 Å². The number of phosphoric ester groups is 1. The molecule has 0 bridgehead atoms. The Kier molecular flexibility index (Phi) is 10.8. The molecule has 0 radical (unpaired) electrons. The van der Waals surface area contributed by atoms with E-state index in [0.29, 0.717) is 5.82 Å². The Morgan fingerprint density at radius 2 is 1.79 bits per heavy atom. The number of nitrogens with zero attached hydrogens (tertiary/aromatic N) is 4. The highest BCUT2D eigenvalue weighted by molar-refractivity contribution is 7.66. The van der Waals surface area contributed by atoms with Gasteiger partial charge in [-0.25, -0.2) is 33.3 Å². The molecule has 0 aliphatic carbocycles. The van der Waals surface area contributed by atoms with E-state index in [1.807, 2.05) is 6.07 Å². The second-order valence-corrected chi connectivity index (χ2v) is 14.9. The monoisotopic (exact) mass is 692 g/mol. The molecular formula is C29H35FN6O9P2. The van der Waals surface area contributed by atoms with Crippen molar-refractivity contribution in [1.82, 2.24) is 24.6 Å². The van der Waals surface area contributed by atoms with E-state index < -0.39 is 58.6 Å². The standard InChI is InChI=1S/C29H35FN6O9P2/c1-18-33-26(31)24-27(34-18)36(17-32-24)28-23(30)25(37)22(44-28)16-43-47(40,41-2)45-46(3,39)35-21(14-19-10-6-4-7-11-19)29(38)42-15-20-12-8-5-9-13-20/h4-13,17,21-23,25,28,37H,14-16H2,1-3H3,(H,35,39)(H2,31,33,34)/t21-,22+,23+,25?,28+,46?,47?/m0/s1. The summed E-state index contributed by atoms with van der Waals surface area (Å²) in [5, 5.41) is 13.2. The van der Waals surface area contributed by atoms with Crippen LogP contribution in [-0.2, 0) is 49.8 Å². The van der Waals surface area contributed by atoms with E-state index in [9.17, 15) is 19.0 Å². The minimum Gasteiger partial charge on any atom is -0.460 e. The molecule has 4 N–H and O–H groups in total. The van der Waals surface area contributed by atoms with Crippen molar-refractivity contribution in [2.24, 2.45) is 0 Å². The van der Waals surface area contributed by atoms with Crippen LogP contribution in [0.3, 0.4) is 0 Å². The van der Waals surface area contributed by atoms with Crippen molar-refractivity contribution >= 4 is 38.3 Å². The number of aliphatic hydroxyl groups excluding tert-OH is 1. The number of anilines is 1. The lowest BCUT2D eigenvalue weighted by atomic mass is 10.1. The molecule has 18 heteroatoms. The zero-order chi connectivity index (χ0) is 33.8. The average molecular weight is 693 g/mol. The Hall–Kier alpha value is -3.59. The molecule has 7 atom stereocenters. The van der Waals surface area contributed by atoms with Gasteiger partial charge in [-0.3, -0.25) is 23.0 Å². The summed E-state index contributed by atoms with van der Waals surface area (Å²) in [5.74, 6) is -0.323. The Morgan fingerprint density at radius 3 is 2.45 bits per heavy atom. The SMILES string of the molecule is COP(=O)(OC[C@H]1O[C@@H](n2cnc3c(N)nc(C)nc32)[C@H](F)C1O)OP(C)(=O)N[C@@H](Cc1ccccc1)C(=O)OCc1ccccc1. The summed E-state index contributed by atoms with van der Waals surface area (Å²) in [5.41, 5.74) is 7.78. The number of nitrogens with two attached hydrogens (primary N) is 1. The number of rotatable bonds is 14. The van der Waals surface area contributed by atoms with Crippen LogP contribution < -0.4 is 10.8 Å². The number of phosphoric acid groups is 1. The number of carbonyl (C=O) groups excluding carboxylic acids is 1. The van der Waals surface area contributed by atoms with Gasteiger partial charge in [0, 0.05) is 13.8 Å².